The standard InChI is InChI=1S/C6H13O3P/c1-5(2)6(3)4-9-10(7)8/h5-6H,4H2,1-3H3/p+1. The zero-order valence-corrected chi connectivity index (χ0v) is 7.47. The zero-order valence-electron chi connectivity index (χ0n) is 6.57. The molecule has 0 rings (SSSR count). The summed E-state index contributed by atoms with van der Waals surface area (Å²) in [6.07, 6.45) is 0. The third-order valence-corrected chi connectivity index (χ3v) is 1.96. The molecule has 0 bridgehead atoms. The van der Waals surface area contributed by atoms with Gasteiger partial charge in [0.05, 0.1) is 0 Å². The molecule has 0 spiro atoms. The van der Waals surface area contributed by atoms with E-state index in [4.69, 9.17) is 4.89 Å². The van der Waals surface area contributed by atoms with Crippen LogP contribution in [-0.4, -0.2) is 11.5 Å². The summed E-state index contributed by atoms with van der Waals surface area (Å²) in [4.78, 5) is 8.27. The van der Waals surface area contributed by atoms with Crippen LogP contribution in [0.2, 0.25) is 0 Å². The molecule has 4 heteroatoms. The molecule has 0 aromatic rings. The van der Waals surface area contributed by atoms with E-state index in [-0.39, 0.29) is 0 Å². The second kappa shape index (κ2) is 4.78. The van der Waals surface area contributed by atoms with Crippen molar-refractivity contribution in [3.8, 4) is 0 Å². The molecule has 2 unspecified atom stereocenters. The van der Waals surface area contributed by atoms with E-state index < -0.39 is 8.25 Å². The fraction of sp³-hybridized carbons (Fsp3) is 1.00. The second-order valence-electron chi connectivity index (χ2n) is 2.75. The second-order valence-corrected chi connectivity index (χ2v) is 3.49. The van der Waals surface area contributed by atoms with E-state index in [0.29, 0.717) is 18.4 Å². The van der Waals surface area contributed by atoms with Crippen molar-refractivity contribution >= 4 is 8.25 Å². The summed E-state index contributed by atoms with van der Waals surface area (Å²) in [5.41, 5.74) is 0. The van der Waals surface area contributed by atoms with Crippen LogP contribution in [0.1, 0.15) is 20.8 Å². The Bertz CT molecular complexity index is 114. The first-order valence-corrected chi connectivity index (χ1v) is 4.46. The summed E-state index contributed by atoms with van der Waals surface area (Å²) in [7, 11) is -2.41. The molecule has 0 aliphatic heterocycles. The molecular weight excluding hydrogens is 151 g/mol. The summed E-state index contributed by atoms with van der Waals surface area (Å²) in [6, 6.07) is 0. The number of rotatable bonds is 4. The fourth-order valence-electron chi connectivity index (χ4n) is 0.374. The molecular formula is C6H14O3P+. The van der Waals surface area contributed by atoms with Crippen molar-refractivity contribution in [3.63, 3.8) is 0 Å². The highest BCUT2D eigenvalue weighted by Crippen LogP contribution is 2.19. The molecule has 0 fully saturated rings. The Kier molecular flexibility index (Phi) is 4.79. The average Bonchev–Trinajstić information content (AvgIpc) is 1.82. The van der Waals surface area contributed by atoms with Gasteiger partial charge in [-0.05, 0) is 11.8 Å². The molecule has 0 saturated carbocycles. The lowest BCUT2D eigenvalue weighted by Gasteiger charge is -2.09. The Morgan fingerprint density at radius 1 is 1.50 bits per heavy atom. The van der Waals surface area contributed by atoms with E-state index in [0.717, 1.165) is 0 Å². The lowest BCUT2D eigenvalue weighted by atomic mass is 10.00. The van der Waals surface area contributed by atoms with Gasteiger partial charge in [-0.15, -0.1) is 9.42 Å². The highest BCUT2D eigenvalue weighted by atomic mass is 31.1. The fourth-order valence-corrected chi connectivity index (χ4v) is 0.736. The molecule has 0 radical (unpaired) electrons. The van der Waals surface area contributed by atoms with E-state index >= 15 is 0 Å². The Hall–Kier alpha value is 0.0200. The first-order chi connectivity index (χ1) is 4.54. The highest BCUT2D eigenvalue weighted by molar-refractivity contribution is 7.32. The van der Waals surface area contributed by atoms with Crippen LogP contribution in [0.3, 0.4) is 0 Å². The van der Waals surface area contributed by atoms with Gasteiger partial charge in [0.1, 0.15) is 6.61 Å². The van der Waals surface area contributed by atoms with Crippen molar-refractivity contribution in [2.24, 2.45) is 11.8 Å². The van der Waals surface area contributed by atoms with Crippen LogP contribution in [0.25, 0.3) is 0 Å². The van der Waals surface area contributed by atoms with Crippen LogP contribution in [-0.2, 0) is 9.09 Å². The van der Waals surface area contributed by atoms with Crippen LogP contribution in [0.4, 0.5) is 0 Å². The van der Waals surface area contributed by atoms with E-state index in [2.05, 4.69) is 18.4 Å². The quantitative estimate of drug-likeness (QED) is 0.647. The van der Waals surface area contributed by atoms with Crippen molar-refractivity contribution in [2.75, 3.05) is 6.61 Å². The molecule has 0 aliphatic carbocycles. The molecule has 10 heavy (non-hydrogen) atoms. The SMILES string of the molecule is CC(C)C(C)CO[P+](=O)O. The van der Waals surface area contributed by atoms with Crippen molar-refractivity contribution in [2.45, 2.75) is 20.8 Å². The van der Waals surface area contributed by atoms with Gasteiger partial charge in [-0.3, -0.25) is 0 Å². The number of hydrogen-bond acceptors (Lipinski definition) is 2. The Morgan fingerprint density at radius 3 is 2.30 bits per heavy atom. The molecule has 1 N–H and O–H groups in total. The van der Waals surface area contributed by atoms with Crippen LogP contribution in [0.15, 0.2) is 0 Å². The average molecular weight is 165 g/mol. The zero-order chi connectivity index (χ0) is 8.15. The van der Waals surface area contributed by atoms with Crippen LogP contribution < -0.4 is 0 Å². The third-order valence-electron chi connectivity index (χ3n) is 1.59. The normalized spacial score (nSPS) is 15.5. The van der Waals surface area contributed by atoms with Gasteiger partial charge < -0.3 is 0 Å². The lowest BCUT2D eigenvalue weighted by Crippen LogP contribution is -2.09. The van der Waals surface area contributed by atoms with Crippen LogP contribution >= 0.6 is 8.25 Å². The summed E-state index contributed by atoms with van der Waals surface area (Å²) in [5, 5.41) is 0. The minimum Gasteiger partial charge on any atom is -0.133 e. The monoisotopic (exact) mass is 165 g/mol. The van der Waals surface area contributed by atoms with E-state index in [1.54, 1.807) is 0 Å². The van der Waals surface area contributed by atoms with Gasteiger partial charge in [-0.1, -0.05) is 20.8 Å². The van der Waals surface area contributed by atoms with Gasteiger partial charge in [-0.2, -0.15) is 0 Å². The van der Waals surface area contributed by atoms with Crippen LogP contribution in [0, 0.1) is 11.8 Å². The van der Waals surface area contributed by atoms with Gasteiger partial charge in [-0.25, -0.2) is 0 Å². The summed E-state index contributed by atoms with van der Waals surface area (Å²) >= 11 is 0. The molecule has 0 saturated heterocycles. The summed E-state index contributed by atoms with van der Waals surface area (Å²) < 4.78 is 14.6. The van der Waals surface area contributed by atoms with Crippen molar-refractivity contribution in [1.82, 2.24) is 0 Å². The Balaban J connectivity index is 3.39. The minimum atomic E-state index is -2.41. The summed E-state index contributed by atoms with van der Waals surface area (Å²) in [6.45, 7) is 6.46. The Labute approximate surface area is 62.3 Å². The molecule has 0 aromatic heterocycles. The molecule has 60 valence electrons. The van der Waals surface area contributed by atoms with Crippen molar-refractivity contribution in [1.29, 1.82) is 0 Å². The van der Waals surface area contributed by atoms with Crippen molar-refractivity contribution < 1.29 is 14.0 Å². The summed E-state index contributed by atoms with van der Waals surface area (Å²) in [5.74, 6) is 0.834. The minimum absolute atomic E-state index is 0.339. The predicted octanol–water partition coefficient (Wildman–Crippen LogP) is 1.94. The first-order valence-electron chi connectivity index (χ1n) is 3.33. The molecule has 2 atom stereocenters. The van der Waals surface area contributed by atoms with Crippen LogP contribution in [0.5, 0.6) is 0 Å². The van der Waals surface area contributed by atoms with Gasteiger partial charge in [0.2, 0.25) is 0 Å². The highest BCUT2D eigenvalue weighted by Gasteiger charge is 2.16. The van der Waals surface area contributed by atoms with E-state index in [1.807, 2.05) is 6.92 Å². The topological polar surface area (TPSA) is 46.5 Å². The molecule has 0 amide bonds. The molecule has 0 aromatic carbocycles. The maximum atomic E-state index is 10.1. The van der Waals surface area contributed by atoms with Gasteiger partial charge in [0.15, 0.2) is 0 Å². The molecule has 3 nitrogen and oxygen atoms in total. The molecule has 0 aliphatic rings. The maximum absolute atomic E-state index is 10.1. The molecule has 0 heterocycles. The first kappa shape index (κ1) is 10.0. The maximum Gasteiger partial charge on any atom is 0.694 e. The lowest BCUT2D eigenvalue weighted by molar-refractivity contribution is 0.210. The number of hydrogen-bond donors (Lipinski definition) is 1. The van der Waals surface area contributed by atoms with Gasteiger partial charge in [0.25, 0.3) is 0 Å². The van der Waals surface area contributed by atoms with Gasteiger partial charge >= 0.3 is 8.25 Å². The van der Waals surface area contributed by atoms with Gasteiger partial charge in [0, 0.05) is 4.57 Å². The van der Waals surface area contributed by atoms with Crippen molar-refractivity contribution in [3.05, 3.63) is 0 Å². The smallest absolute Gasteiger partial charge is 0.133 e. The predicted molar refractivity (Wildman–Crippen MR) is 39.8 cm³/mol. The Morgan fingerprint density at radius 2 is 2.00 bits per heavy atom. The van der Waals surface area contributed by atoms with E-state index in [9.17, 15) is 4.57 Å². The largest absolute Gasteiger partial charge is 0.694 e. The van der Waals surface area contributed by atoms with E-state index in [1.165, 1.54) is 0 Å². The third kappa shape index (κ3) is 4.86.